The number of esters is 1. The van der Waals surface area contributed by atoms with Crippen molar-refractivity contribution in [2.75, 3.05) is 19.7 Å². The monoisotopic (exact) mass is 416 g/mol. The van der Waals surface area contributed by atoms with Crippen LogP contribution < -0.4 is 0 Å². The average Bonchev–Trinajstić information content (AvgIpc) is 2.85. The number of piperidine rings is 1. The summed E-state index contributed by atoms with van der Waals surface area (Å²) < 4.78 is 5.52. The van der Waals surface area contributed by atoms with Crippen LogP contribution in [0.2, 0.25) is 0 Å². The smallest absolute Gasteiger partial charge is 0.316 e. The highest BCUT2D eigenvalue weighted by atomic mass is 16.5. The first kappa shape index (κ1) is 21.6. The molecule has 31 heavy (non-hydrogen) atoms. The van der Waals surface area contributed by atoms with Crippen molar-refractivity contribution in [3.05, 3.63) is 71.8 Å². The number of carbonyl (C=O) groups excluding carboxylic acids is 1. The molecular formula is C27H32N2O2. The van der Waals surface area contributed by atoms with Gasteiger partial charge in [0.25, 0.3) is 0 Å². The lowest BCUT2D eigenvalue weighted by atomic mass is 9.68. The molecule has 0 amide bonds. The minimum absolute atomic E-state index is 0.0860. The number of nitriles is 1. The molecule has 4 rings (SSSR count). The molecule has 0 radical (unpaired) electrons. The molecule has 2 fully saturated rings. The second-order valence-electron chi connectivity index (χ2n) is 9.00. The predicted molar refractivity (Wildman–Crippen MR) is 122 cm³/mol. The summed E-state index contributed by atoms with van der Waals surface area (Å²) in [6.45, 7) is 4.07. The van der Waals surface area contributed by atoms with Crippen molar-refractivity contribution in [1.82, 2.24) is 4.90 Å². The summed E-state index contributed by atoms with van der Waals surface area (Å²) in [7, 11) is 0. The van der Waals surface area contributed by atoms with Gasteiger partial charge < -0.3 is 9.64 Å². The standard InChI is InChI=1S/C27H32N2O2/c1-2-31-25(30)27(23-11-7-4-8-12-23)17-19-29(20-18-27)24-13-15-26(21-28,16-14-24)22-9-5-3-6-10-22/h3-12,24H,2,13-20H2,1H3. The first-order valence-corrected chi connectivity index (χ1v) is 11.6. The van der Waals surface area contributed by atoms with E-state index in [0.29, 0.717) is 12.6 Å². The summed E-state index contributed by atoms with van der Waals surface area (Å²) in [6, 6.07) is 23.5. The summed E-state index contributed by atoms with van der Waals surface area (Å²) in [5.41, 5.74) is 1.33. The number of hydrogen-bond acceptors (Lipinski definition) is 4. The van der Waals surface area contributed by atoms with Gasteiger partial charge in [-0.2, -0.15) is 5.26 Å². The van der Waals surface area contributed by atoms with Gasteiger partial charge in [-0.1, -0.05) is 60.7 Å². The van der Waals surface area contributed by atoms with Crippen molar-refractivity contribution >= 4 is 5.97 Å². The van der Waals surface area contributed by atoms with E-state index in [1.54, 1.807) is 0 Å². The molecule has 2 aliphatic rings. The van der Waals surface area contributed by atoms with E-state index in [1.165, 1.54) is 0 Å². The molecule has 2 aromatic carbocycles. The predicted octanol–water partition coefficient (Wildman–Crippen LogP) is 4.99. The molecular weight excluding hydrogens is 384 g/mol. The van der Waals surface area contributed by atoms with Crippen molar-refractivity contribution in [1.29, 1.82) is 5.26 Å². The summed E-state index contributed by atoms with van der Waals surface area (Å²) in [6.07, 6.45) is 5.43. The number of benzene rings is 2. The Balaban J connectivity index is 1.44. The number of hydrogen-bond donors (Lipinski definition) is 0. The Bertz CT molecular complexity index is 903. The molecule has 162 valence electrons. The van der Waals surface area contributed by atoms with E-state index >= 15 is 0 Å². The van der Waals surface area contributed by atoms with Gasteiger partial charge in [0.15, 0.2) is 0 Å². The number of nitrogens with zero attached hydrogens (tertiary/aromatic N) is 2. The molecule has 0 atom stereocenters. The summed E-state index contributed by atoms with van der Waals surface area (Å²) in [4.78, 5) is 15.6. The number of carbonyl (C=O) groups is 1. The van der Waals surface area contributed by atoms with Crippen LogP contribution in [0.4, 0.5) is 0 Å². The third-order valence-electron chi connectivity index (χ3n) is 7.51. The maximum absolute atomic E-state index is 13.0. The Hall–Kier alpha value is -2.64. The molecule has 1 aliphatic heterocycles. The van der Waals surface area contributed by atoms with Gasteiger partial charge in [-0.25, -0.2) is 0 Å². The van der Waals surface area contributed by atoms with Crippen LogP contribution in [0, 0.1) is 11.3 Å². The van der Waals surface area contributed by atoms with Crippen molar-refractivity contribution in [2.24, 2.45) is 0 Å². The molecule has 4 nitrogen and oxygen atoms in total. The molecule has 1 saturated heterocycles. The molecule has 2 aromatic rings. The Morgan fingerprint density at radius 2 is 1.52 bits per heavy atom. The van der Waals surface area contributed by atoms with Crippen molar-refractivity contribution in [3.8, 4) is 6.07 Å². The van der Waals surface area contributed by atoms with Gasteiger partial charge in [0, 0.05) is 6.04 Å². The lowest BCUT2D eigenvalue weighted by Gasteiger charge is -2.46. The first-order valence-electron chi connectivity index (χ1n) is 11.6. The van der Waals surface area contributed by atoms with E-state index in [0.717, 1.165) is 62.7 Å². The lowest BCUT2D eigenvalue weighted by Crippen LogP contribution is -2.52. The molecule has 1 heterocycles. The molecule has 0 bridgehead atoms. The van der Waals surface area contributed by atoms with Crippen LogP contribution in [-0.2, 0) is 20.4 Å². The zero-order valence-electron chi connectivity index (χ0n) is 18.4. The molecule has 0 unspecified atom stereocenters. The average molecular weight is 417 g/mol. The second-order valence-corrected chi connectivity index (χ2v) is 9.00. The summed E-state index contributed by atoms with van der Waals surface area (Å²) in [5.74, 6) is -0.0860. The Morgan fingerprint density at radius 1 is 0.968 bits per heavy atom. The zero-order valence-corrected chi connectivity index (χ0v) is 18.4. The fourth-order valence-corrected chi connectivity index (χ4v) is 5.59. The summed E-state index contributed by atoms with van der Waals surface area (Å²) >= 11 is 0. The van der Waals surface area contributed by atoms with Crippen LogP contribution in [-0.4, -0.2) is 36.6 Å². The third-order valence-corrected chi connectivity index (χ3v) is 7.51. The minimum Gasteiger partial charge on any atom is -0.465 e. The lowest BCUT2D eigenvalue weighted by molar-refractivity contribution is -0.152. The van der Waals surface area contributed by atoms with Gasteiger partial charge in [-0.05, 0) is 69.7 Å². The van der Waals surface area contributed by atoms with Crippen LogP contribution in [0.25, 0.3) is 0 Å². The van der Waals surface area contributed by atoms with E-state index in [1.807, 2.05) is 43.3 Å². The fourth-order valence-electron chi connectivity index (χ4n) is 5.59. The van der Waals surface area contributed by atoms with E-state index in [4.69, 9.17) is 4.74 Å². The fraction of sp³-hybridized carbons (Fsp3) is 0.481. The Kier molecular flexibility index (Phi) is 6.43. The van der Waals surface area contributed by atoms with Crippen molar-refractivity contribution in [3.63, 3.8) is 0 Å². The Morgan fingerprint density at radius 3 is 2.03 bits per heavy atom. The van der Waals surface area contributed by atoms with Crippen LogP contribution in [0.3, 0.4) is 0 Å². The zero-order chi connectivity index (χ0) is 21.7. The molecule has 0 aromatic heterocycles. The molecule has 1 aliphatic carbocycles. The SMILES string of the molecule is CCOC(=O)C1(c2ccccc2)CCN(C2CCC(C#N)(c3ccccc3)CC2)CC1. The van der Waals surface area contributed by atoms with Gasteiger partial charge in [0.05, 0.1) is 23.5 Å². The van der Waals surface area contributed by atoms with Crippen LogP contribution in [0.5, 0.6) is 0 Å². The maximum Gasteiger partial charge on any atom is 0.316 e. The number of likely N-dealkylation sites (tertiary alicyclic amines) is 1. The number of ether oxygens (including phenoxy) is 1. The van der Waals surface area contributed by atoms with Gasteiger partial charge in [-0.15, -0.1) is 0 Å². The van der Waals surface area contributed by atoms with E-state index in [-0.39, 0.29) is 11.4 Å². The van der Waals surface area contributed by atoms with E-state index < -0.39 is 5.41 Å². The van der Waals surface area contributed by atoms with E-state index in [9.17, 15) is 10.1 Å². The third kappa shape index (κ3) is 4.12. The highest BCUT2D eigenvalue weighted by molar-refractivity contribution is 5.83. The van der Waals surface area contributed by atoms with Crippen LogP contribution in [0.15, 0.2) is 60.7 Å². The minimum atomic E-state index is -0.539. The van der Waals surface area contributed by atoms with Crippen molar-refractivity contribution in [2.45, 2.75) is 62.3 Å². The highest BCUT2D eigenvalue weighted by Crippen LogP contribution is 2.43. The quantitative estimate of drug-likeness (QED) is 0.645. The number of rotatable bonds is 5. The normalized spacial score (nSPS) is 26.0. The van der Waals surface area contributed by atoms with Gasteiger partial charge in [0.1, 0.15) is 0 Å². The molecule has 4 heteroatoms. The van der Waals surface area contributed by atoms with Gasteiger partial charge in [-0.3, -0.25) is 4.79 Å². The topological polar surface area (TPSA) is 53.3 Å². The summed E-state index contributed by atoms with van der Waals surface area (Å²) in [5, 5.41) is 9.98. The largest absolute Gasteiger partial charge is 0.465 e. The van der Waals surface area contributed by atoms with Crippen molar-refractivity contribution < 1.29 is 9.53 Å². The molecule has 0 N–H and O–H groups in total. The van der Waals surface area contributed by atoms with Crippen LogP contribution in [0.1, 0.15) is 56.6 Å². The molecule has 1 saturated carbocycles. The first-order chi connectivity index (χ1) is 15.1. The Labute approximate surface area is 185 Å². The van der Waals surface area contributed by atoms with Crippen LogP contribution >= 0.6 is 0 Å². The van der Waals surface area contributed by atoms with Gasteiger partial charge in [0.2, 0.25) is 0 Å². The second kappa shape index (κ2) is 9.24. The highest BCUT2D eigenvalue weighted by Gasteiger charge is 2.46. The van der Waals surface area contributed by atoms with E-state index in [2.05, 4.69) is 35.2 Å². The maximum atomic E-state index is 13.0. The molecule has 0 spiro atoms. The van der Waals surface area contributed by atoms with Gasteiger partial charge >= 0.3 is 5.97 Å².